The molecule has 26 heavy (non-hydrogen) atoms. The molecule has 1 amide bonds. The van der Waals surface area contributed by atoms with E-state index < -0.39 is 4.92 Å². The third-order valence-corrected chi connectivity index (χ3v) is 4.11. The largest absolute Gasteiger partial charge is 0.356 e. The molecule has 0 saturated heterocycles. The number of nitro benzene ring substituents is 1. The van der Waals surface area contributed by atoms with Gasteiger partial charge in [-0.2, -0.15) is 0 Å². The van der Waals surface area contributed by atoms with E-state index >= 15 is 0 Å². The maximum Gasteiger partial charge on any atom is 0.294 e. The average molecular weight is 351 g/mol. The monoisotopic (exact) mass is 351 g/mol. The molecule has 0 atom stereocenters. The van der Waals surface area contributed by atoms with Crippen molar-refractivity contribution < 1.29 is 14.6 Å². The number of aromatic nitrogens is 1. The van der Waals surface area contributed by atoms with Gasteiger partial charge in [-0.1, -0.05) is 30.3 Å². The molecule has 0 aliphatic carbocycles. The van der Waals surface area contributed by atoms with E-state index in [9.17, 15) is 14.9 Å². The second-order valence-corrected chi connectivity index (χ2v) is 5.61. The number of hydrogen-bond donors (Lipinski definition) is 1. The van der Waals surface area contributed by atoms with Crippen LogP contribution in [0.5, 0.6) is 0 Å². The summed E-state index contributed by atoms with van der Waals surface area (Å²) in [6.45, 7) is 0. The molecule has 7 nitrogen and oxygen atoms in total. The summed E-state index contributed by atoms with van der Waals surface area (Å²) < 4.78 is 0. The van der Waals surface area contributed by atoms with Gasteiger partial charge in [-0.15, -0.1) is 0 Å². The number of benzene rings is 2. The van der Waals surface area contributed by atoms with Crippen molar-refractivity contribution in [2.45, 2.75) is 0 Å². The molecule has 0 spiro atoms. The lowest BCUT2D eigenvalue weighted by Crippen LogP contribution is -2.26. The molecule has 1 heterocycles. The molecule has 0 saturated carbocycles. The number of rotatable bonds is 5. The Balaban J connectivity index is 2.15. The number of amides is 1. The fraction of sp³-hybridized carbons (Fsp3) is 0.105. The fourth-order valence-corrected chi connectivity index (χ4v) is 2.73. The van der Waals surface area contributed by atoms with E-state index in [0.717, 1.165) is 21.8 Å². The summed E-state index contributed by atoms with van der Waals surface area (Å²) in [7, 11) is 2.95. The van der Waals surface area contributed by atoms with Crippen molar-refractivity contribution in [3.8, 4) is 22.3 Å². The lowest BCUT2D eigenvalue weighted by Gasteiger charge is -2.14. The molecular formula is C19H17N3O4. The maximum absolute atomic E-state index is 12.6. The summed E-state index contributed by atoms with van der Waals surface area (Å²) in [6, 6.07) is 15.7. The summed E-state index contributed by atoms with van der Waals surface area (Å²) in [5, 5.41) is 12.0. The van der Waals surface area contributed by atoms with Crippen LogP contribution in [-0.2, 0) is 4.84 Å². The molecule has 132 valence electrons. The Kier molecular flexibility index (Phi) is 4.81. The summed E-state index contributed by atoms with van der Waals surface area (Å²) in [5.41, 5.74) is 3.52. The van der Waals surface area contributed by atoms with E-state index in [-0.39, 0.29) is 11.6 Å². The van der Waals surface area contributed by atoms with Gasteiger partial charge in [-0.3, -0.25) is 19.7 Å². The number of carbonyl (C=O) groups excluding carboxylic acids is 1. The number of nitrogens with zero attached hydrogens (tertiary/aromatic N) is 2. The van der Waals surface area contributed by atoms with E-state index in [0.29, 0.717) is 11.3 Å². The third kappa shape index (κ3) is 3.20. The molecule has 0 fully saturated rings. The van der Waals surface area contributed by atoms with Crippen molar-refractivity contribution in [3.63, 3.8) is 0 Å². The van der Waals surface area contributed by atoms with Crippen molar-refractivity contribution in [2.24, 2.45) is 0 Å². The Morgan fingerprint density at radius 2 is 1.73 bits per heavy atom. The minimum atomic E-state index is -0.443. The van der Waals surface area contributed by atoms with Crippen molar-refractivity contribution in [1.82, 2.24) is 10.0 Å². The van der Waals surface area contributed by atoms with Gasteiger partial charge >= 0.3 is 0 Å². The van der Waals surface area contributed by atoms with Gasteiger partial charge < -0.3 is 4.98 Å². The minimum Gasteiger partial charge on any atom is -0.356 e. The number of nitro groups is 1. The average Bonchev–Trinajstić information content (AvgIpc) is 3.12. The number of nitrogens with one attached hydrogen (secondary N) is 1. The summed E-state index contributed by atoms with van der Waals surface area (Å²) >= 11 is 0. The Bertz CT molecular complexity index is 933. The highest BCUT2D eigenvalue weighted by molar-refractivity contribution is 6.03. The third-order valence-electron chi connectivity index (χ3n) is 4.11. The van der Waals surface area contributed by atoms with E-state index in [1.807, 2.05) is 30.3 Å². The van der Waals surface area contributed by atoms with Crippen LogP contribution < -0.4 is 0 Å². The molecule has 1 N–H and O–H groups in total. The molecule has 0 bridgehead atoms. The second kappa shape index (κ2) is 7.20. The van der Waals surface area contributed by atoms with Crippen LogP contribution in [0, 0.1) is 10.1 Å². The Morgan fingerprint density at radius 1 is 1.08 bits per heavy atom. The first-order chi connectivity index (χ1) is 12.5. The quantitative estimate of drug-likeness (QED) is 0.558. The van der Waals surface area contributed by atoms with Crippen LogP contribution in [0.25, 0.3) is 22.3 Å². The van der Waals surface area contributed by atoms with Crippen molar-refractivity contribution >= 4 is 11.6 Å². The van der Waals surface area contributed by atoms with E-state index in [1.165, 1.54) is 26.3 Å². The lowest BCUT2D eigenvalue weighted by atomic mass is 9.96. The Labute approximate surface area is 149 Å². The first-order valence-electron chi connectivity index (χ1n) is 7.86. The zero-order chi connectivity index (χ0) is 18.7. The number of hydroxylamine groups is 2. The van der Waals surface area contributed by atoms with Crippen LogP contribution in [0.4, 0.5) is 5.69 Å². The molecule has 0 radical (unpaired) electrons. The van der Waals surface area contributed by atoms with Crippen LogP contribution >= 0.6 is 0 Å². The number of aromatic amines is 1. The lowest BCUT2D eigenvalue weighted by molar-refractivity contribution is -0.384. The SMILES string of the molecule is CON(C)C(=O)c1[nH]cc(-c2ccc([N+](=O)[O-])cc2)c1-c1ccccc1. The van der Waals surface area contributed by atoms with Crippen LogP contribution in [0.1, 0.15) is 10.5 Å². The Morgan fingerprint density at radius 3 is 2.31 bits per heavy atom. The predicted molar refractivity (Wildman–Crippen MR) is 97.4 cm³/mol. The number of carbonyl (C=O) groups is 1. The van der Waals surface area contributed by atoms with Crippen molar-refractivity contribution in [2.75, 3.05) is 14.2 Å². The molecule has 3 aromatic rings. The van der Waals surface area contributed by atoms with E-state index in [2.05, 4.69) is 4.98 Å². The normalized spacial score (nSPS) is 10.5. The highest BCUT2D eigenvalue weighted by Crippen LogP contribution is 2.36. The van der Waals surface area contributed by atoms with Gasteiger partial charge in [-0.25, -0.2) is 5.06 Å². The molecule has 0 aliphatic heterocycles. The van der Waals surface area contributed by atoms with Crippen LogP contribution in [0.15, 0.2) is 60.8 Å². The first-order valence-corrected chi connectivity index (χ1v) is 7.86. The standard InChI is InChI=1S/C19H17N3O4/c1-21(26-2)19(23)18-17(14-6-4-3-5-7-14)16(12-20-18)13-8-10-15(11-9-13)22(24)25/h3-12,20H,1-2H3. The molecule has 7 heteroatoms. The number of non-ortho nitro benzene ring substituents is 1. The summed E-state index contributed by atoms with van der Waals surface area (Å²) in [4.78, 5) is 31.1. The molecule has 3 rings (SSSR count). The molecule has 1 aromatic heterocycles. The molecule has 0 unspecified atom stereocenters. The Hall–Kier alpha value is -3.45. The zero-order valence-corrected chi connectivity index (χ0v) is 14.3. The van der Waals surface area contributed by atoms with E-state index in [1.54, 1.807) is 18.3 Å². The predicted octanol–water partition coefficient (Wildman–Crippen LogP) is 3.89. The van der Waals surface area contributed by atoms with Gasteiger partial charge in [0.25, 0.3) is 11.6 Å². The van der Waals surface area contributed by atoms with Gasteiger partial charge in [0.05, 0.1) is 12.0 Å². The maximum atomic E-state index is 12.6. The smallest absolute Gasteiger partial charge is 0.294 e. The van der Waals surface area contributed by atoms with Gasteiger partial charge in [0.15, 0.2) is 0 Å². The van der Waals surface area contributed by atoms with E-state index in [4.69, 9.17) is 4.84 Å². The van der Waals surface area contributed by atoms with Crippen LogP contribution in [-0.4, -0.2) is 35.0 Å². The second-order valence-electron chi connectivity index (χ2n) is 5.61. The summed E-state index contributed by atoms with van der Waals surface area (Å²) in [5.74, 6) is -0.320. The van der Waals surface area contributed by atoms with Gasteiger partial charge in [0.2, 0.25) is 0 Å². The number of hydrogen-bond acceptors (Lipinski definition) is 4. The molecular weight excluding hydrogens is 334 g/mol. The highest BCUT2D eigenvalue weighted by Gasteiger charge is 2.23. The first kappa shape index (κ1) is 17.4. The molecule has 2 aromatic carbocycles. The highest BCUT2D eigenvalue weighted by atomic mass is 16.7. The van der Waals surface area contributed by atoms with Crippen LogP contribution in [0.2, 0.25) is 0 Å². The summed E-state index contributed by atoms with van der Waals surface area (Å²) in [6.07, 6.45) is 1.72. The zero-order valence-electron chi connectivity index (χ0n) is 14.3. The van der Waals surface area contributed by atoms with Crippen molar-refractivity contribution in [1.29, 1.82) is 0 Å². The fourth-order valence-electron chi connectivity index (χ4n) is 2.73. The molecule has 0 aliphatic rings. The number of H-pyrrole nitrogens is 1. The van der Waals surface area contributed by atoms with Gasteiger partial charge in [0, 0.05) is 36.5 Å². The van der Waals surface area contributed by atoms with Crippen molar-refractivity contribution in [3.05, 3.63) is 76.6 Å². The topological polar surface area (TPSA) is 88.5 Å². The van der Waals surface area contributed by atoms with Crippen LogP contribution in [0.3, 0.4) is 0 Å². The minimum absolute atomic E-state index is 0.0148. The van der Waals surface area contributed by atoms with Gasteiger partial charge in [0.1, 0.15) is 5.69 Å². The van der Waals surface area contributed by atoms with Gasteiger partial charge in [-0.05, 0) is 23.3 Å².